The van der Waals surface area contributed by atoms with Crippen LogP contribution in [0.25, 0.3) is 0 Å². The van der Waals surface area contributed by atoms with Crippen LogP contribution >= 0.6 is 11.8 Å². The van der Waals surface area contributed by atoms with Crippen molar-refractivity contribution < 1.29 is 9.53 Å². The van der Waals surface area contributed by atoms with Crippen molar-refractivity contribution in [2.24, 2.45) is 0 Å². The number of hydrogen-bond donors (Lipinski definition) is 1. The molecule has 1 aliphatic rings. The number of nitrogens with one attached hydrogen (secondary N) is 1. The molecule has 1 N–H and O–H groups in total. The molecular weight excluding hydrogens is 330 g/mol. The van der Waals surface area contributed by atoms with Crippen LogP contribution in [-0.4, -0.2) is 31.4 Å². The van der Waals surface area contributed by atoms with E-state index in [0.717, 1.165) is 29.9 Å². The Kier molecular flexibility index (Phi) is 6.54. The highest BCUT2D eigenvalue weighted by Gasteiger charge is 2.41. The van der Waals surface area contributed by atoms with Crippen LogP contribution in [0, 0.1) is 0 Å². The average Bonchev–Trinajstić information content (AvgIpc) is 2.69. The molecule has 0 unspecified atom stereocenters. The first-order valence-corrected chi connectivity index (χ1v) is 10.00. The predicted molar refractivity (Wildman–Crippen MR) is 104 cm³/mol. The quantitative estimate of drug-likeness (QED) is 0.768. The summed E-state index contributed by atoms with van der Waals surface area (Å²) >= 11 is 1.85. The van der Waals surface area contributed by atoms with Gasteiger partial charge in [-0.05, 0) is 24.0 Å². The molecule has 1 aliphatic heterocycles. The number of carbonyl (C=O) groups excluding carboxylic acids is 1. The number of rotatable bonds is 7. The Labute approximate surface area is 154 Å². The molecule has 0 spiro atoms. The number of carbonyl (C=O) groups is 1. The summed E-state index contributed by atoms with van der Waals surface area (Å²) in [5.74, 6) is 2.04. The smallest absolute Gasteiger partial charge is 0.230 e. The number of benzene rings is 2. The van der Waals surface area contributed by atoms with E-state index < -0.39 is 5.41 Å². The Hall–Kier alpha value is -1.78. The van der Waals surface area contributed by atoms with Crippen LogP contribution in [0.1, 0.15) is 24.0 Å². The van der Waals surface area contributed by atoms with E-state index in [4.69, 9.17) is 4.74 Å². The molecule has 1 heterocycles. The molecule has 0 radical (unpaired) electrons. The number of hydrogen-bond acceptors (Lipinski definition) is 3. The molecule has 3 nitrogen and oxygen atoms in total. The predicted octanol–water partition coefficient (Wildman–Crippen LogP) is 3.78. The van der Waals surface area contributed by atoms with E-state index in [9.17, 15) is 4.79 Å². The first-order chi connectivity index (χ1) is 12.3. The molecule has 3 rings (SSSR count). The SMILES string of the molecule is O=C(NCCSCc1ccccc1)C1(c2ccccc2)CCOCC1. The van der Waals surface area contributed by atoms with E-state index in [1.54, 1.807) is 0 Å². The zero-order chi connectivity index (χ0) is 17.4. The zero-order valence-corrected chi connectivity index (χ0v) is 15.3. The average molecular weight is 356 g/mol. The van der Waals surface area contributed by atoms with Crippen molar-refractivity contribution in [2.75, 3.05) is 25.5 Å². The molecule has 4 heteroatoms. The number of amides is 1. The van der Waals surface area contributed by atoms with Gasteiger partial charge in [0.2, 0.25) is 5.91 Å². The van der Waals surface area contributed by atoms with Crippen LogP contribution in [0.5, 0.6) is 0 Å². The van der Waals surface area contributed by atoms with Crippen molar-refractivity contribution in [3.05, 3.63) is 71.8 Å². The van der Waals surface area contributed by atoms with Crippen LogP contribution in [0.2, 0.25) is 0 Å². The summed E-state index contributed by atoms with van der Waals surface area (Å²) in [5.41, 5.74) is 1.99. The normalized spacial score (nSPS) is 16.3. The van der Waals surface area contributed by atoms with Gasteiger partial charge in [-0.25, -0.2) is 0 Å². The Balaban J connectivity index is 1.53. The minimum atomic E-state index is -0.441. The molecule has 25 heavy (non-hydrogen) atoms. The van der Waals surface area contributed by atoms with Gasteiger partial charge in [0.15, 0.2) is 0 Å². The lowest BCUT2D eigenvalue weighted by Gasteiger charge is -2.36. The molecule has 0 atom stereocenters. The van der Waals surface area contributed by atoms with Crippen molar-refractivity contribution in [1.82, 2.24) is 5.32 Å². The molecule has 0 aliphatic carbocycles. The van der Waals surface area contributed by atoms with Gasteiger partial charge in [-0.3, -0.25) is 4.79 Å². The molecule has 2 aromatic carbocycles. The largest absolute Gasteiger partial charge is 0.381 e. The van der Waals surface area contributed by atoms with Crippen LogP contribution in [0.3, 0.4) is 0 Å². The van der Waals surface area contributed by atoms with Crippen molar-refractivity contribution in [3.63, 3.8) is 0 Å². The van der Waals surface area contributed by atoms with E-state index in [1.165, 1.54) is 5.56 Å². The van der Waals surface area contributed by atoms with E-state index in [2.05, 4.69) is 41.7 Å². The third-order valence-electron chi connectivity index (χ3n) is 4.75. The Morgan fingerprint density at radius 3 is 2.32 bits per heavy atom. The molecule has 1 fully saturated rings. The third-order valence-corrected chi connectivity index (χ3v) is 5.78. The van der Waals surface area contributed by atoms with Crippen LogP contribution < -0.4 is 5.32 Å². The highest BCUT2D eigenvalue weighted by atomic mass is 32.2. The summed E-state index contributed by atoms with van der Waals surface area (Å²) < 4.78 is 5.50. The maximum Gasteiger partial charge on any atom is 0.230 e. The fraction of sp³-hybridized carbons (Fsp3) is 0.381. The van der Waals surface area contributed by atoms with Gasteiger partial charge in [0.05, 0.1) is 5.41 Å². The lowest BCUT2D eigenvalue weighted by atomic mass is 9.73. The van der Waals surface area contributed by atoms with Gasteiger partial charge in [-0.2, -0.15) is 11.8 Å². The Morgan fingerprint density at radius 2 is 1.64 bits per heavy atom. The van der Waals surface area contributed by atoms with Crippen molar-refractivity contribution in [2.45, 2.75) is 24.0 Å². The number of thioether (sulfide) groups is 1. The summed E-state index contributed by atoms with van der Waals surface area (Å²) in [6.45, 7) is 1.99. The fourth-order valence-electron chi connectivity index (χ4n) is 3.29. The fourth-order valence-corrected chi connectivity index (χ4v) is 4.11. The summed E-state index contributed by atoms with van der Waals surface area (Å²) in [6.07, 6.45) is 1.50. The minimum absolute atomic E-state index is 0.141. The van der Waals surface area contributed by atoms with Gasteiger partial charge < -0.3 is 10.1 Å². The maximum atomic E-state index is 13.0. The van der Waals surface area contributed by atoms with Gasteiger partial charge in [0.25, 0.3) is 0 Å². The van der Waals surface area contributed by atoms with Gasteiger partial charge in [-0.15, -0.1) is 0 Å². The lowest BCUT2D eigenvalue weighted by molar-refractivity contribution is -0.130. The monoisotopic (exact) mass is 355 g/mol. The summed E-state index contributed by atoms with van der Waals surface area (Å²) in [7, 11) is 0. The van der Waals surface area contributed by atoms with Crippen molar-refractivity contribution >= 4 is 17.7 Å². The van der Waals surface area contributed by atoms with E-state index in [1.807, 2.05) is 36.0 Å². The second kappa shape index (κ2) is 9.07. The Bertz CT molecular complexity index is 654. The molecule has 1 saturated heterocycles. The standard InChI is InChI=1S/C21H25NO2S/c23-20(22-13-16-25-17-18-7-3-1-4-8-18)21(11-14-24-15-12-21)19-9-5-2-6-10-19/h1-10H,11-17H2,(H,22,23). The van der Waals surface area contributed by atoms with Crippen LogP contribution in [0.4, 0.5) is 0 Å². The Morgan fingerprint density at radius 1 is 1.00 bits per heavy atom. The lowest BCUT2D eigenvalue weighted by Crippen LogP contribution is -2.48. The number of ether oxygens (including phenoxy) is 1. The molecule has 0 aromatic heterocycles. The molecule has 1 amide bonds. The molecule has 2 aromatic rings. The van der Waals surface area contributed by atoms with Gasteiger partial charge in [0, 0.05) is 31.3 Å². The topological polar surface area (TPSA) is 38.3 Å². The van der Waals surface area contributed by atoms with Crippen LogP contribution in [-0.2, 0) is 20.7 Å². The first kappa shape index (κ1) is 18.0. The van der Waals surface area contributed by atoms with Crippen molar-refractivity contribution in [3.8, 4) is 0 Å². The van der Waals surface area contributed by atoms with E-state index >= 15 is 0 Å². The summed E-state index contributed by atoms with van der Waals surface area (Å²) in [4.78, 5) is 13.0. The van der Waals surface area contributed by atoms with Gasteiger partial charge in [0.1, 0.15) is 0 Å². The molecular formula is C21H25NO2S. The zero-order valence-electron chi connectivity index (χ0n) is 14.4. The maximum absolute atomic E-state index is 13.0. The summed E-state index contributed by atoms with van der Waals surface area (Å²) in [6, 6.07) is 20.6. The second-order valence-corrected chi connectivity index (χ2v) is 7.46. The minimum Gasteiger partial charge on any atom is -0.381 e. The van der Waals surface area contributed by atoms with E-state index in [-0.39, 0.29) is 5.91 Å². The summed E-state index contributed by atoms with van der Waals surface area (Å²) in [5, 5.41) is 3.16. The second-order valence-electron chi connectivity index (χ2n) is 6.35. The molecule has 132 valence electrons. The highest BCUT2D eigenvalue weighted by Crippen LogP contribution is 2.35. The highest BCUT2D eigenvalue weighted by molar-refractivity contribution is 7.98. The van der Waals surface area contributed by atoms with Crippen LogP contribution in [0.15, 0.2) is 60.7 Å². The van der Waals surface area contributed by atoms with E-state index in [0.29, 0.717) is 19.8 Å². The third kappa shape index (κ3) is 4.65. The molecule has 0 bridgehead atoms. The molecule has 0 saturated carbocycles. The van der Waals surface area contributed by atoms with Gasteiger partial charge >= 0.3 is 0 Å². The van der Waals surface area contributed by atoms with Crippen molar-refractivity contribution in [1.29, 1.82) is 0 Å². The first-order valence-electron chi connectivity index (χ1n) is 8.84. The van der Waals surface area contributed by atoms with Gasteiger partial charge in [-0.1, -0.05) is 60.7 Å².